The Labute approximate surface area is 200 Å². The molecule has 3 N–H and O–H groups in total. The van der Waals surface area contributed by atoms with Crippen molar-refractivity contribution in [2.45, 2.75) is 6.10 Å². The van der Waals surface area contributed by atoms with Crippen molar-refractivity contribution >= 4 is 34.0 Å². The minimum Gasteiger partial charge on any atom is -0.382 e. The SMILES string of the molecule is O=C(NN=C(c1nc2ccc([N+](=O)[O-])cc2[nH]c1=O)C(O)c1ccc([N+](=O)[O-])cc1)c1ccncc1. The van der Waals surface area contributed by atoms with Crippen LogP contribution in [0, 0.1) is 20.2 Å². The molecule has 1 atom stereocenters. The van der Waals surface area contributed by atoms with Gasteiger partial charge in [-0.05, 0) is 35.9 Å². The lowest BCUT2D eigenvalue weighted by Gasteiger charge is -2.14. The van der Waals surface area contributed by atoms with Gasteiger partial charge >= 0.3 is 0 Å². The molecule has 0 aliphatic rings. The number of carbonyl (C=O) groups is 1. The fraction of sp³-hybridized carbons (Fsp3) is 0.0455. The number of hydrogen-bond donors (Lipinski definition) is 3. The number of aliphatic hydroxyl groups is 1. The van der Waals surface area contributed by atoms with E-state index in [1.807, 2.05) is 0 Å². The van der Waals surface area contributed by atoms with Crippen LogP contribution in [0.25, 0.3) is 11.0 Å². The smallest absolute Gasteiger partial charge is 0.276 e. The number of aromatic amines is 1. The van der Waals surface area contributed by atoms with Crippen molar-refractivity contribution in [3.63, 3.8) is 0 Å². The van der Waals surface area contributed by atoms with Crippen molar-refractivity contribution < 1.29 is 19.7 Å². The number of nitrogens with one attached hydrogen (secondary N) is 2. The van der Waals surface area contributed by atoms with Gasteiger partial charge in [-0.1, -0.05) is 0 Å². The molecule has 2 aromatic carbocycles. The minimum atomic E-state index is -1.63. The van der Waals surface area contributed by atoms with E-state index in [9.17, 15) is 34.9 Å². The maximum Gasteiger partial charge on any atom is 0.276 e. The molecule has 2 heterocycles. The number of aliphatic hydroxyl groups excluding tert-OH is 1. The lowest BCUT2D eigenvalue weighted by molar-refractivity contribution is -0.385. The monoisotopic (exact) mass is 489 g/mol. The molecular weight excluding hydrogens is 474 g/mol. The van der Waals surface area contributed by atoms with Gasteiger partial charge in [0, 0.05) is 42.2 Å². The summed E-state index contributed by atoms with van der Waals surface area (Å²) in [6.45, 7) is 0. The van der Waals surface area contributed by atoms with Crippen molar-refractivity contribution in [1.82, 2.24) is 20.4 Å². The topological polar surface area (TPSA) is 207 Å². The second-order valence-corrected chi connectivity index (χ2v) is 7.30. The zero-order valence-electron chi connectivity index (χ0n) is 18.1. The Morgan fingerprint density at radius 1 is 1.00 bits per heavy atom. The summed E-state index contributed by atoms with van der Waals surface area (Å²) >= 11 is 0. The van der Waals surface area contributed by atoms with E-state index < -0.39 is 27.4 Å². The van der Waals surface area contributed by atoms with Gasteiger partial charge < -0.3 is 10.1 Å². The number of non-ortho nitro benzene ring substituents is 2. The number of hydrazone groups is 1. The van der Waals surface area contributed by atoms with Gasteiger partial charge in [-0.25, -0.2) is 10.4 Å². The summed E-state index contributed by atoms with van der Waals surface area (Å²) in [5.74, 6) is -0.668. The van der Waals surface area contributed by atoms with Crippen molar-refractivity contribution in [1.29, 1.82) is 0 Å². The van der Waals surface area contributed by atoms with Gasteiger partial charge in [0.15, 0.2) is 5.69 Å². The number of nitro benzene ring substituents is 2. The van der Waals surface area contributed by atoms with Crippen LogP contribution in [-0.4, -0.2) is 41.5 Å². The molecule has 0 aliphatic heterocycles. The number of nitrogens with zero attached hydrogens (tertiary/aromatic N) is 5. The Morgan fingerprint density at radius 2 is 1.64 bits per heavy atom. The van der Waals surface area contributed by atoms with Crippen LogP contribution in [-0.2, 0) is 0 Å². The fourth-order valence-electron chi connectivity index (χ4n) is 3.22. The normalized spacial score (nSPS) is 12.2. The maximum atomic E-state index is 12.9. The zero-order chi connectivity index (χ0) is 25.8. The first-order valence-electron chi connectivity index (χ1n) is 10.1. The van der Waals surface area contributed by atoms with Crippen LogP contribution < -0.4 is 11.0 Å². The molecule has 4 aromatic rings. The molecular formula is C22H15N7O7. The predicted octanol–water partition coefficient (Wildman–Crippen LogP) is 2.00. The summed E-state index contributed by atoms with van der Waals surface area (Å²) in [7, 11) is 0. The van der Waals surface area contributed by atoms with E-state index in [-0.39, 0.29) is 44.9 Å². The molecule has 4 rings (SSSR count). The number of pyridine rings is 1. The number of rotatable bonds is 7. The van der Waals surface area contributed by atoms with Crippen molar-refractivity contribution in [2.24, 2.45) is 5.10 Å². The van der Waals surface area contributed by atoms with Crippen LogP contribution in [0.3, 0.4) is 0 Å². The number of hydrogen-bond acceptors (Lipinski definition) is 10. The Kier molecular flexibility index (Phi) is 6.51. The molecule has 0 radical (unpaired) electrons. The molecule has 0 aliphatic carbocycles. The number of nitro groups is 2. The standard InChI is InChI=1S/C22H15N7O7/c30-20(12-1-3-14(4-2-12)28(33)34)18(26-27-21(31)13-7-9-23-10-8-13)19-22(32)25-17-11-15(29(35)36)5-6-16(17)24-19/h1-11,20,30H,(H,25,32)(H,27,31). The molecule has 180 valence electrons. The van der Waals surface area contributed by atoms with Crippen LogP contribution in [0.15, 0.2) is 76.9 Å². The summed E-state index contributed by atoms with van der Waals surface area (Å²) in [5.41, 5.74) is 0.718. The van der Waals surface area contributed by atoms with Gasteiger partial charge in [-0.2, -0.15) is 5.10 Å². The van der Waals surface area contributed by atoms with E-state index in [1.165, 1.54) is 48.8 Å². The van der Waals surface area contributed by atoms with E-state index in [1.54, 1.807) is 0 Å². The minimum absolute atomic E-state index is 0.0722. The summed E-state index contributed by atoms with van der Waals surface area (Å²) < 4.78 is 0. The molecule has 14 nitrogen and oxygen atoms in total. The maximum absolute atomic E-state index is 12.9. The number of carbonyl (C=O) groups excluding carboxylic acids is 1. The molecule has 14 heteroatoms. The number of amides is 1. The third-order valence-electron chi connectivity index (χ3n) is 5.03. The lowest BCUT2D eigenvalue weighted by atomic mass is 10.0. The van der Waals surface area contributed by atoms with E-state index in [0.717, 1.165) is 18.2 Å². The highest BCUT2D eigenvalue weighted by atomic mass is 16.6. The molecule has 2 aromatic heterocycles. The quantitative estimate of drug-likeness (QED) is 0.197. The summed E-state index contributed by atoms with van der Waals surface area (Å²) in [4.78, 5) is 56.6. The second-order valence-electron chi connectivity index (χ2n) is 7.30. The number of fused-ring (bicyclic) bond motifs is 1. The zero-order valence-corrected chi connectivity index (χ0v) is 18.1. The summed E-state index contributed by atoms with van der Waals surface area (Å²) in [6.07, 6.45) is 1.15. The van der Waals surface area contributed by atoms with Crippen LogP contribution in [0.4, 0.5) is 11.4 Å². The first-order valence-corrected chi connectivity index (χ1v) is 10.1. The molecule has 1 amide bonds. The molecule has 0 saturated carbocycles. The summed E-state index contributed by atoms with van der Waals surface area (Å²) in [6, 6.07) is 11.3. The third kappa shape index (κ3) is 4.92. The highest BCUT2D eigenvalue weighted by Gasteiger charge is 2.24. The molecule has 0 fully saturated rings. The highest BCUT2D eigenvalue weighted by molar-refractivity contribution is 6.04. The second kappa shape index (κ2) is 9.86. The Morgan fingerprint density at radius 3 is 2.28 bits per heavy atom. The number of aromatic nitrogens is 3. The first-order chi connectivity index (χ1) is 17.2. The van der Waals surface area contributed by atoms with Crippen LogP contribution in [0.5, 0.6) is 0 Å². The first kappa shape index (κ1) is 23.8. The molecule has 0 spiro atoms. The average Bonchev–Trinajstić information content (AvgIpc) is 2.88. The number of H-pyrrole nitrogens is 1. The van der Waals surface area contributed by atoms with E-state index in [4.69, 9.17) is 0 Å². The van der Waals surface area contributed by atoms with Gasteiger partial charge in [0.25, 0.3) is 22.8 Å². The molecule has 0 saturated heterocycles. The van der Waals surface area contributed by atoms with Crippen LogP contribution in [0.2, 0.25) is 0 Å². The van der Waals surface area contributed by atoms with Crippen molar-refractivity contribution in [3.05, 3.63) is 114 Å². The molecule has 36 heavy (non-hydrogen) atoms. The predicted molar refractivity (Wildman–Crippen MR) is 125 cm³/mol. The van der Waals surface area contributed by atoms with Gasteiger partial charge in [-0.15, -0.1) is 0 Å². The fourth-order valence-corrected chi connectivity index (χ4v) is 3.22. The van der Waals surface area contributed by atoms with Gasteiger partial charge in [0.1, 0.15) is 11.8 Å². The molecule has 0 bridgehead atoms. The molecule has 1 unspecified atom stereocenters. The van der Waals surface area contributed by atoms with Gasteiger partial charge in [0.05, 0.1) is 20.9 Å². The van der Waals surface area contributed by atoms with Gasteiger partial charge in [-0.3, -0.25) is 34.8 Å². The highest BCUT2D eigenvalue weighted by Crippen LogP contribution is 2.22. The largest absolute Gasteiger partial charge is 0.382 e. The number of benzene rings is 2. The van der Waals surface area contributed by atoms with E-state index in [0.29, 0.717) is 0 Å². The Balaban J connectivity index is 1.80. The van der Waals surface area contributed by atoms with E-state index in [2.05, 4.69) is 25.5 Å². The Bertz CT molecular complexity index is 1570. The van der Waals surface area contributed by atoms with E-state index >= 15 is 0 Å². The van der Waals surface area contributed by atoms with Crippen LogP contribution in [0.1, 0.15) is 27.7 Å². The average molecular weight is 489 g/mol. The van der Waals surface area contributed by atoms with Gasteiger partial charge in [0.2, 0.25) is 0 Å². The lowest BCUT2D eigenvalue weighted by Crippen LogP contribution is -2.29. The Hall–Kier alpha value is -5.37. The third-order valence-corrected chi connectivity index (χ3v) is 5.03. The van der Waals surface area contributed by atoms with Crippen molar-refractivity contribution in [3.8, 4) is 0 Å². The summed E-state index contributed by atoms with van der Waals surface area (Å²) in [5, 5.41) is 36.9. The van der Waals surface area contributed by atoms with Crippen molar-refractivity contribution in [2.75, 3.05) is 0 Å². The van der Waals surface area contributed by atoms with Crippen LogP contribution >= 0.6 is 0 Å².